The monoisotopic (exact) mass is 220 g/mol. The Morgan fingerprint density at radius 2 is 2.00 bits per heavy atom. The number of rotatable bonds is 3. The molecule has 0 spiro atoms. The summed E-state index contributed by atoms with van der Waals surface area (Å²) < 4.78 is 11.9. The second kappa shape index (κ2) is 4.31. The average molecular weight is 220 g/mol. The average Bonchev–Trinajstić information content (AvgIpc) is 2.50. The van der Waals surface area contributed by atoms with Crippen molar-refractivity contribution >= 4 is 21.1 Å². The van der Waals surface area contributed by atoms with E-state index in [4.69, 9.17) is 0 Å². The maximum atomic E-state index is 11.9. The normalized spacial score (nSPS) is 19.1. The van der Waals surface area contributed by atoms with Crippen LogP contribution in [0.1, 0.15) is 26.7 Å². The highest BCUT2D eigenvalue weighted by Gasteiger charge is 2.12. The van der Waals surface area contributed by atoms with Gasteiger partial charge in [0.25, 0.3) is 0 Å². The van der Waals surface area contributed by atoms with Gasteiger partial charge in [-0.1, -0.05) is 38.1 Å². The Morgan fingerprint density at radius 1 is 1.27 bits per heavy atom. The molecule has 0 bridgehead atoms. The molecule has 1 aromatic rings. The van der Waals surface area contributed by atoms with Crippen LogP contribution in [-0.4, -0.2) is 4.21 Å². The van der Waals surface area contributed by atoms with Gasteiger partial charge in [0, 0.05) is 10.3 Å². The lowest BCUT2D eigenvalue weighted by Crippen LogP contribution is -2.21. The van der Waals surface area contributed by atoms with E-state index in [2.05, 4.69) is 19.9 Å². The quantitative estimate of drug-likeness (QED) is 0.758. The zero-order valence-corrected chi connectivity index (χ0v) is 10.0. The van der Waals surface area contributed by atoms with Gasteiger partial charge in [0.15, 0.2) is 0 Å². The molecule has 0 saturated carbocycles. The Kier molecular flexibility index (Phi) is 3.06. The van der Waals surface area contributed by atoms with Gasteiger partial charge >= 0.3 is 0 Å². The van der Waals surface area contributed by atoms with E-state index in [0.717, 1.165) is 23.0 Å². The van der Waals surface area contributed by atoms with Gasteiger partial charge in [0.2, 0.25) is 0 Å². The fraction of sp³-hybridized carbons (Fsp3) is 0.385. The molecule has 0 fully saturated rings. The topological polar surface area (TPSA) is 17.1 Å². The maximum absolute atomic E-state index is 11.9. The lowest BCUT2D eigenvalue weighted by molar-refractivity contribution is 0.600. The predicted octanol–water partition coefficient (Wildman–Crippen LogP) is 1.73. The third-order valence-electron chi connectivity index (χ3n) is 2.69. The molecule has 2 rings (SSSR count). The highest BCUT2D eigenvalue weighted by molar-refractivity contribution is 8.01. The minimum absolute atomic E-state index is 0.669. The largest absolute Gasteiger partial charge is 0.250 e. The summed E-state index contributed by atoms with van der Waals surface area (Å²) in [5.41, 5.74) is 0. The highest BCUT2D eigenvalue weighted by atomic mass is 32.2. The minimum Gasteiger partial charge on any atom is -0.250 e. The van der Waals surface area contributed by atoms with Crippen LogP contribution in [-0.2, 0) is 10.8 Å². The lowest BCUT2D eigenvalue weighted by Gasteiger charge is -2.04. The van der Waals surface area contributed by atoms with E-state index in [0.29, 0.717) is 5.92 Å². The van der Waals surface area contributed by atoms with Crippen molar-refractivity contribution in [3.8, 4) is 0 Å². The number of fused-ring (bicyclic) bond motifs is 1. The van der Waals surface area contributed by atoms with E-state index in [1.807, 2.05) is 23.6 Å². The SMILES string of the molecule is CC(C)CCC1=c2ccccc2=CS1=O. The first-order valence-electron chi connectivity index (χ1n) is 5.39. The summed E-state index contributed by atoms with van der Waals surface area (Å²) in [7, 11) is -0.882. The first-order chi connectivity index (χ1) is 7.18. The number of benzene rings is 1. The molecule has 15 heavy (non-hydrogen) atoms. The molecular formula is C13H16OS. The van der Waals surface area contributed by atoms with E-state index < -0.39 is 10.8 Å². The van der Waals surface area contributed by atoms with Crippen LogP contribution in [0.25, 0.3) is 10.3 Å². The second-order valence-electron chi connectivity index (χ2n) is 4.36. The van der Waals surface area contributed by atoms with E-state index >= 15 is 0 Å². The summed E-state index contributed by atoms with van der Waals surface area (Å²) in [4.78, 5) is 1.11. The third kappa shape index (κ3) is 2.20. The van der Waals surface area contributed by atoms with Gasteiger partial charge < -0.3 is 0 Å². The van der Waals surface area contributed by atoms with Crippen LogP contribution in [0.2, 0.25) is 0 Å². The third-order valence-corrected chi connectivity index (χ3v) is 4.06. The summed E-state index contributed by atoms with van der Waals surface area (Å²) in [6.45, 7) is 4.40. The zero-order chi connectivity index (χ0) is 10.8. The van der Waals surface area contributed by atoms with Crippen LogP contribution in [0.4, 0.5) is 0 Å². The molecule has 1 nitrogen and oxygen atoms in total. The van der Waals surface area contributed by atoms with Crippen molar-refractivity contribution in [2.24, 2.45) is 5.92 Å². The molecule has 1 aliphatic rings. The van der Waals surface area contributed by atoms with E-state index in [1.165, 1.54) is 5.22 Å². The molecule has 0 radical (unpaired) electrons. The summed E-state index contributed by atoms with van der Waals surface area (Å²) in [6.07, 6.45) is 2.07. The van der Waals surface area contributed by atoms with Crippen LogP contribution in [0.15, 0.2) is 24.3 Å². The van der Waals surface area contributed by atoms with Crippen molar-refractivity contribution in [2.45, 2.75) is 26.7 Å². The van der Waals surface area contributed by atoms with Crippen molar-refractivity contribution in [1.82, 2.24) is 0 Å². The van der Waals surface area contributed by atoms with Crippen LogP contribution in [0.3, 0.4) is 0 Å². The van der Waals surface area contributed by atoms with Crippen LogP contribution in [0.5, 0.6) is 0 Å². The number of hydrogen-bond acceptors (Lipinski definition) is 1. The van der Waals surface area contributed by atoms with Crippen molar-refractivity contribution < 1.29 is 4.21 Å². The van der Waals surface area contributed by atoms with Crippen LogP contribution >= 0.6 is 0 Å². The van der Waals surface area contributed by atoms with Crippen molar-refractivity contribution in [3.63, 3.8) is 0 Å². The van der Waals surface area contributed by atoms with Crippen LogP contribution in [0, 0.1) is 5.92 Å². The molecule has 1 atom stereocenters. The zero-order valence-electron chi connectivity index (χ0n) is 9.19. The van der Waals surface area contributed by atoms with Gasteiger partial charge in [-0.15, -0.1) is 0 Å². The minimum atomic E-state index is -0.882. The lowest BCUT2D eigenvalue weighted by atomic mass is 10.1. The number of hydrogen-bond donors (Lipinski definition) is 0. The Labute approximate surface area is 93.0 Å². The molecule has 80 valence electrons. The molecular weight excluding hydrogens is 204 g/mol. The standard InChI is InChI=1S/C13H16OS/c1-10(2)7-8-13-12-6-4-3-5-11(12)9-15(13)14/h3-6,9-10H,7-8H2,1-2H3. The van der Waals surface area contributed by atoms with E-state index in [9.17, 15) is 4.21 Å². The van der Waals surface area contributed by atoms with Crippen molar-refractivity contribution in [2.75, 3.05) is 0 Å². The Hall–Kier alpha value is -0.890. The molecule has 0 saturated heterocycles. The van der Waals surface area contributed by atoms with Crippen molar-refractivity contribution in [3.05, 3.63) is 34.7 Å². The summed E-state index contributed by atoms with van der Waals surface area (Å²) in [6, 6.07) is 8.13. The molecule has 1 aromatic carbocycles. The van der Waals surface area contributed by atoms with Gasteiger partial charge in [-0.25, -0.2) is 4.21 Å². The summed E-state index contributed by atoms with van der Waals surface area (Å²) in [5, 5.41) is 4.19. The molecule has 0 aliphatic carbocycles. The van der Waals surface area contributed by atoms with E-state index in [1.54, 1.807) is 0 Å². The highest BCUT2D eigenvalue weighted by Crippen LogP contribution is 2.17. The molecule has 1 unspecified atom stereocenters. The van der Waals surface area contributed by atoms with Gasteiger partial charge in [0.1, 0.15) is 0 Å². The maximum Gasteiger partial charge on any atom is 0.0747 e. The smallest absolute Gasteiger partial charge is 0.0747 e. The Bertz CT molecular complexity index is 500. The molecule has 1 heterocycles. The first-order valence-corrected chi connectivity index (χ1v) is 6.60. The Balaban J connectivity index is 2.40. The molecule has 2 heteroatoms. The second-order valence-corrected chi connectivity index (χ2v) is 5.68. The molecule has 0 aromatic heterocycles. The van der Waals surface area contributed by atoms with E-state index in [-0.39, 0.29) is 0 Å². The van der Waals surface area contributed by atoms with Gasteiger partial charge in [-0.05, 0) is 29.2 Å². The van der Waals surface area contributed by atoms with Crippen LogP contribution < -0.4 is 10.4 Å². The summed E-state index contributed by atoms with van der Waals surface area (Å²) in [5.74, 6) is 0.669. The molecule has 0 amide bonds. The van der Waals surface area contributed by atoms with Crippen molar-refractivity contribution in [1.29, 1.82) is 0 Å². The van der Waals surface area contributed by atoms with Gasteiger partial charge in [-0.2, -0.15) is 0 Å². The van der Waals surface area contributed by atoms with Gasteiger partial charge in [-0.3, -0.25) is 0 Å². The summed E-state index contributed by atoms with van der Waals surface area (Å²) >= 11 is 0. The Morgan fingerprint density at radius 3 is 2.73 bits per heavy atom. The fourth-order valence-corrected chi connectivity index (χ4v) is 3.10. The fourth-order valence-electron chi connectivity index (χ4n) is 1.80. The molecule has 1 aliphatic heterocycles. The molecule has 0 N–H and O–H groups in total. The first kappa shape index (κ1) is 10.6. The predicted molar refractivity (Wildman–Crippen MR) is 65.8 cm³/mol. The van der Waals surface area contributed by atoms with Gasteiger partial charge in [0.05, 0.1) is 10.8 Å².